The first-order valence-electron chi connectivity index (χ1n) is 6.24. The van der Waals surface area contributed by atoms with Gasteiger partial charge < -0.3 is 10.4 Å². The number of fused-ring (bicyclic) bond motifs is 1. The first-order chi connectivity index (χ1) is 8.65. The Morgan fingerprint density at radius 3 is 2.78 bits per heavy atom. The van der Waals surface area contributed by atoms with Crippen LogP contribution in [-0.2, 0) is 28.9 Å². The number of carboxylic acid groups (broad SMARTS) is 1. The molecule has 0 aliphatic heterocycles. The molecular formula is C14H17NO3. The lowest BCUT2D eigenvalue weighted by Gasteiger charge is -2.05. The van der Waals surface area contributed by atoms with Crippen LogP contribution in [0.1, 0.15) is 29.5 Å². The first-order valence-corrected chi connectivity index (χ1v) is 6.24. The van der Waals surface area contributed by atoms with E-state index in [1.54, 1.807) is 0 Å². The summed E-state index contributed by atoms with van der Waals surface area (Å²) in [6, 6.07) is 6.38. The fourth-order valence-corrected chi connectivity index (χ4v) is 2.30. The highest BCUT2D eigenvalue weighted by molar-refractivity contribution is 5.81. The fraction of sp³-hybridized carbons (Fsp3) is 0.429. The summed E-state index contributed by atoms with van der Waals surface area (Å²) in [5.74, 6) is -1.22. The Morgan fingerprint density at radius 1 is 1.22 bits per heavy atom. The Kier molecular flexibility index (Phi) is 3.97. The second-order valence-corrected chi connectivity index (χ2v) is 4.63. The number of carbonyl (C=O) groups excluding carboxylic acids is 1. The Labute approximate surface area is 106 Å². The molecule has 0 bridgehead atoms. The van der Waals surface area contributed by atoms with Crippen molar-refractivity contribution in [2.45, 2.75) is 32.1 Å². The van der Waals surface area contributed by atoms with Crippen LogP contribution in [0.3, 0.4) is 0 Å². The maximum Gasteiger partial charge on any atom is 0.322 e. The highest BCUT2D eigenvalue weighted by Crippen LogP contribution is 2.23. The number of rotatable bonds is 5. The third kappa shape index (κ3) is 3.32. The van der Waals surface area contributed by atoms with Gasteiger partial charge in [-0.25, -0.2) is 0 Å². The smallest absolute Gasteiger partial charge is 0.322 e. The third-order valence-electron chi connectivity index (χ3n) is 3.24. The van der Waals surface area contributed by atoms with Crippen molar-refractivity contribution in [1.29, 1.82) is 0 Å². The Balaban J connectivity index is 1.83. The van der Waals surface area contributed by atoms with Crippen molar-refractivity contribution in [2.24, 2.45) is 0 Å². The Bertz CT molecular complexity index is 468. The number of hydrogen-bond donors (Lipinski definition) is 2. The van der Waals surface area contributed by atoms with Gasteiger partial charge in [0.25, 0.3) is 0 Å². The summed E-state index contributed by atoms with van der Waals surface area (Å²) in [6.45, 7) is -0.303. The summed E-state index contributed by atoms with van der Waals surface area (Å²) in [7, 11) is 0. The van der Waals surface area contributed by atoms with Gasteiger partial charge in [0.2, 0.25) is 5.91 Å². The average molecular weight is 247 g/mol. The van der Waals surface area contributed by atoms with Crippen LogP contribution < -0.4 is 5.32 Å². The molecule has 0 fully saturated rings. The van der Waals surface area contributed by atoms with Crippen LogP contribution in [0.15, 0.2) is 18.2 Å². The van der Waals surface area contributed by atoms with Crippen LogP contribution in [0.2, 0.25) is 0 Å². The summed E-state index contributed by atoms with van der Waals surface area (Å²) < 4.78 is 0. The predicted molar refractivity (Wildman–Crippen MR) is 67.4 cm³/mol. The van der Waals surface area contributed by atoms with E-state index in [0.29, 0.717) is 12.8 Å². The molecule has 4 heteroatoms. The standard InChI is InChI=1S/C14H17NO3/c16-13(15-9-14(17)18)7-5-10-4-6-11-2-1-3-12(11)8-10/h4,6,8H,1-3,5,7,9H2,(H,15,16)(H,17,18). The van der Waals surface area contributed by atoms with Gasteiger partial charge in [-0.1, -0.05) is 18.2 Å². The summed E-state index contributed by atoms with van der Waals surface area (Å²) in [5.41, 5.74) is 3.98. The molecule has 4 nitrogen and oxygen atoms in total. The van der Waals surface area contributed by atoms with Gasteiger partial charge in [-0.05, 0) is 42.4 Å². The van der Waals surface area contributed by atoms with Gasteiger partial charge in [-0.2, -0.15) is 0 Å². The zero-order valence-corrected chi connectivity index (χ0v) is 10.2. The van der Waals surface area contributed by atoms with Crippen LogP contribution in [0.25, 0.3) is 0 Å². The largest absolute Gasteiger partial charge is 0.480 e. The van der Waals surface area contributed by atoms with E-state index in [4.69, 9.17) is 5.11 Å². The van der Waals surface area contributed by atoms with Crippen LogP contribution in [-0.4, -0.2) is 23.5 Å². The second kappa shape index (κ2) is 5.67. The van der Waals surface area contributed by atoms with E-state index in [1.807, 2.05) is 0 Å². The lowest BCUT2D eigenvalue weighted by molar-refractivity contribution is -0.137. The van der Waals surface area contributed by atoms with Crippen molar-refractivity contribution in [3.05, 3.63) is 34.9 Å². The highest BCUT2D eigenvalue weighted by Gasteiger charge is 2.11. The van der Waals surface area contributed by atoms with Gasteiger partial charge in [-0.15, -0.1) is 0 Å². The Hall–Kier alpha value is -1.84. The summed E-state index contributed by atoms with van der Waals surface area (Å²) >= 11 is 0. The third-order valence-corrected chi connectivity index (χ3v) is 3.24. The molecule has 1 aliphatic carbocycles. The van der Waals surface area contributed by atoms with E-state index >= 15 is 0 Å². The van der Waals surface area contributed by atoms with Crippen LogP contribution in [0.5, 0.6) is 0 Å². The number of aryl methyl sites for hydroxylation is 3. The summed E-state index contributed by atoms with van der Waals surface area (Å²) in [5, 5.41) is 10.8. The van der Waals surface area contributed by atoms with Crippen molar-refractivity contribution in [3.63, 3.8) is 0 Å². The molecule has 0 saturated carbocycles. The van der Waals surface area contributed by atoms with E-state index in [-0.39, 0.29) is 12.5 Å². The molecule has 0 heterocycles. The van der Waals surface area contributed by atoms with Crippen LogP contribution in [0, 0.1) is 0 Å². The van der Waals surface area contributed by atoms with Crippen molar-refractivity contribution in [3.8, 4) is 0 Å². The molecular weight excluding hydrogens is 230 g/mol. The maximum atomic E-state index is 11.4. The minimum Gasteiger partial charge on any atom is -0.480 e. The van der Waals surface area contributed by atoms with E-state index in [0.717, 1.165) is 18.4 Å². The molecule has 0 unspecified atom stereocenters. The SMILES string of the molecule is O=C(O)CNC(=O)CCc1ccc2c(c1)CCC2. The number of carboxylic acids is 1. The minimum atomic E-state index is -1.01. The van der Waals surface area contributed by atoms with E-state index in [2.05, 4.69) is 23.5 Å². The van der Waals surface area contributed by atoms with Gasteiger partial charge in [0, 0.05) is 6.42 Å². The van der Waals surface area contributed by atoms with Gasteiger partial charge in [0.05, 0.1) is 0 Å². The number of nitrogens with one attached hydrogen (secondary N) is 1. The lowest BCUT2D eigenvalue weighted by Crippen LogP contribution is -2.29. The molecule has 1 aromatic rings. The molecule has 1 aliphatic rings. The Morgan fingerprint density at radius 2 is 2.00 bits per heavy atom. The normalized spacial score (nSPS) is 13.1. The number of amides is 1. The highest BCUT2D eigenvalue weighted by atomic mass is 16.4. The summed E-state index contributed by atoms with van der Waals surface area (Å²) in [4.78, 5) is 21.7. The van der Waals surface area contributed by atoms with E-state index in [9.17, 15) is 9.59 Å². The minimum absolute atomic E-state index is 0.210. The van der Waals surface area contributed by atoms with Crippen molar-refractivity contribution in [2.75, 3.05) is 6.54 Å². The molecule has 1 aromatic carbocycles. The van der Waals surface area contributed by atoms with Gasteiger partial charge in [-0.3, -0.25) is 9.59 Å². The molecule has 2 N–H and O–H groups in total. The maximum absolute atomic E-state index is 11.4. The molecule has 0 atom stereocenters. The number of aliphatic carboxylic acids is 1. The summed E-state index contributed by atoms with van der Waals surface area (Å²) in [6.07, 6.45) is 4.52. The van der Waals surface area contributed by atoms with Gasteiger partial charge in [0.15, 0.2) is 0 Å². The lowest BCUT2D eigenvalue weighted by atomic mass is 10.0. The first kappa shape index (κ1) is 12.6. The number of carbonyl (C=O) groups is 2. The van der Waals surface area contributed by atoms with Crippen LogP contribution in [0.4, 0.5) is 0 Å². The topological polar surface area (TPSA) is 66.4 Å². The van der Waals surface area contributed by atoms with Gasteiger partial charge >= 0.3 is 5.97 Å². The average Bonchev–Trinajstić information content (AvgIpc) is 2.81. The molecule has 18 heavy (non-hydrogen) atoms. The fourth-order valence-electron chi connectivity index (χ4n) is 2.30. The molecule has 0 radical (unpaired) electrons. The zero-order valence-electron chi connectivity index (χ0n) is 10.2. The molecule has 0 saturated heterocycles. The predicted octanol–water partition coefficient (Wildman–Crippen LogP) is 1.31. The second-order valence-electron chi connectivity index (χ2n) is 4.63. The van der Waals surface area contributed by atoms with Crippen molar-refractivity contribution >= 4 is 11.9 Å². The van der Waals surface area contributed by atoms with Gasteiger partial charge in [0.1, 0.15) is 6.54 Å². The molecule has 96 valence electrons. The molecule has 1 amide bonds. The molecule has 0 aromatic heterocycles. The zero-order chi connectivity index (χ0) is 13.0. The quantitative estimate of drug-likeness (QED) is 0.824. The van der Waals surface area contributed by atoms with E-state index < -0.39 is 5.97 Å². The van der Waals surface area contributed by atoms with E-state index in [1.165, 1.54) is 17.5 Å². The molecule has 2 rings (SSSR count). The molecule has 0 spiro atoms. The number of hydrogen-bond acceptors (Lipinski definition) is 2. The number of benzene rings is 1. The monoisotopic (exact) mass is 247 g/mol. The van der Waals surface area contributed by atoms with Crippen molar-refractivity contribution < 1.29 is 14.7 Å². The van der Waals surface area contributed by atoms with Crippen molar-refractivity contribution in [1.82, 2.24) is 5.32 Å². The van der Waals surface area contributed by atoms with Crippen LogP contribution >= 0.6 is 0 Å².